The number of phenols is 1. The highest BCUT2D eigenvalue weighted by molar-refractivity contribution is 5.92. The summed E-state index contributed by atoms with van der Waals surface area (Å²) in [5.74, 6) is -0.0482. The summed E-state index contributed by atoms with van der Waals surface area (Å²) in [5.41, 5.74) is 1.76. The van der Waals surface area contributed by atoms with Gasteiger partial charge in [-0.15, -0.1) is 0 Å². The molecule has 3 heteroatoms. The van der Waals surface area contributed by atoms with E-state index in [0.29, 0.717) is 16.9 Å². The van der Waals surface area contributed by atoms with Gasteiger partial charge in [0.15, 0.2) is 0 Å². The maximum Gasteiger partial charge on any atom is 0.343 e. The minimum atomic E-state index is -0.455. The lowest BCUT2D eigenvalue weighted by Gasteiger charge is -2.12. The predicted molar refractivity (Wildman–Crippen MR) is 84.9 cm³/mol. The van der Waals surface area contributed by atoms with Crippen LogP contribution in [0.3, 0.4) is 0 Å². The lowest BCUT2D eigenvalue weighted by Crippen LogP contribution is -2.08. The molecule has 0 fully saturated rings. The number of benzene rings is 3. The van der Waals surface area contributed by atoms with Crippen LogP contribution in [0.4, 0.5) is 0 Å². The molecule has 0 saturated carbocycles. The molecule has 22 heavy (non-hydrogen) atoms. The first-order chi connectivity index (χ1) is 10.8. The number of esters is 1. The molecule has 108 valence electrons. The zero-order chi connectivity index (χ0) is 15.4. The minimum absolute atomic E-state index is 0.0737. The Labute approximate surface area is 128 Å². The van der Waals surface area contributed by atoms with Gasteiger partial charge in [0.05, 0.1) is 11.1 Å². The summed E-state index contributed by atoms with van der Waals surface area (Å²) < 4.78 is 5.47. The lowest BCUT2D eigenvalue weighted by molar-refractivity contribution is 0.0735. The van der Waals surface area contributed by atoms with Gasteiger partial charge in [0.25, 0.3) is 0 Å². The second-order valence-corrected chi connectivity index (χ2v) is 4.77. The van der Waals surface area contributed by atoms with Crippen molar-refractivity contribution < 1.29 is 14.6 Å². The number of aromatic hydroxyl groups is 1. The summed E-state index contributed by atoms with van der Waals surface area (Å²) in [6.45, 7) is 0. The smallest absolute Gasteiger partial charge is 0.343 e. The van der Waals surface area contributed by atoms with Gasteiger partial charge in [-0.3, -0.25) is 0 Å². The maximum absolute atomic E-state index is 12.2. The van der Waals surface area contributed by atoms with Crippen molar-refractivity contribution in [2.24, 2.45) is 0 Å². The van der Waals surface area contributed by atoms with E-state index in [-0.39, 0.29) is 5.75 Å². The quantitative estimate of drug-likeness (QED) is 0.578. The molecular weight excluding hydrogens is 276 g/mol. The van der Waals surface area contributed by atoms with Crippen LogP contribution in [0.15, 0.2) is 78.9 Å². The number of phenolic OH excluding ortho intramolecular Hbond substituents is 1. The van der Waals surface area contributed by atoms with Crippen LogP contribution in [0.1, 0.15) is 10.4 Å². The van der Waals surface area contributed by atoms with Gasteiger partial charge in [0.1, 0.15) is 11.5 Å². The van der Waals surface area contributed by atoms with E-state index in [0.717, 1.165) is 5.56 Å². The number of ether oxygens (including phenoxy) is 1. The third-order valence-electron chi connectivity index (χ3n) is 3.28. The number of carbonyl (C=O) groups is 1. The molecule has 0 atom stereocenters. The van der Waals surface area contributed by atoms with Crippen molar-refractivity contribution in [1.29, 1.82) is 0 Å². The number of carbonyl (C=O) groups excluding carboxylic acids is 1. The van der Waals surface area contributed by atoms with Crippen LogP contribution in [-0.4, -0.2) is 11.1 Å². The van der Waals surface area contributed by atoms with E-state index in [1.165, 1.54) is 0 Å². The molecule has 0 bridgehead atoms. The molecule has 0 saturated heterocycles. The number of hydrogen-bond donors (Lipinski definition) is 1. The molecule has 0 aromatic heterocycles. The van der Waals surface area contributed by atoms with Crippen LogP contribution >= 0.6 is 0 Å². The number of rotatable bonds is 3. The summed E-state index contributed by atoms with van der Waals surface area (Å²) in [4.78, 5) is 12.2. The van der Waals surface area contributed by atoms with Crippen molar-refractivity contribution in [2.75, 3.05) is 0 Å². The molecule has 0 radical (unpaired) electrons. The molecule has 0 amide bonds. The van der Waals surface area contributed by atoms with E-state index in [1.807, 2.05) is 36.4 Å². The Balaban J connectivity index is 1.98. The van der Waals surface area contributed by atoms with Crippen LogP contribution in [0.2, 0.25) is 0 Å². The summed E-state index contributed by atoms with van der Waals surface area (Å²) >= 11 is 0. The summed E-state index contributed by atoms with van der Waals surface area (Å²) in [5, 5.41) is 10.1. The molecule has 0 aliphatic carbocycles. The molecular formula is C19H14O3. The highest BCUT2D eigenvalue weighted by Crippen LogP contribution is 2.37. The average molecular weight is 290 g/mol. The Bertz CT molecular complexity index is 780. The maximum atomic E-state index is 12.2. The van der Waals surface area contributed by atoms with Gasteiger partial charge in [-0.1, -0.05) is 54.6 Å². The highest BCUT2D eigenvalue weighted by Gasteiger charge is 2.15. The topological polar surface area (TPSA) is 46.5 Å². The molecule has 3 rings (SSSR count). The standard InChI is InChI=1S/C19H14O3/c20-16-12-7-13-17(18(16)14-8-3-1-4-9-14)22-19(21)15-10-5-2-6-11-15/h1-13,20H. The Hall–Kier alpha value is -3.07. The van der Waals surface area contributed by atoms with E-state index in [2.05, 4.69) is 0 Å². The molecule has 0 unspecified atom stereocenters. The number of hydrogen-bond acceptors (Lipinski definition) is 3. The largest absolute Gasteiger partial charge is 0.507 e. The zero-order valence-electron chi connectivity index (χ0n) is 11.8. The van der Waals surface area contributed by atoms with Crippen molar-refractivity contribution in [1.82, 2.24) is 0 Å². The van der Waals surface area contributed by atoms with E-state index < -0.39 is 5.97 Å². The first kappa shape index (κ1) is 13.9. The van der Waals surface area contributed by atoms with Gasteiger partial charge in [-0.25, -0.2) is 4.79 Å². The van der Waals surface area contributed by atoms with E-state index in [1.54, 1.807) is 42.5 Å². The first-order valence-electron chi connectivity index (χ1n) is 6.90. The molecule has 3 aromatic rings. The molecule has 0 aliphatic rings. The Morgan fingerprint density at radius 3 is 2.09 bits per heavy atom. The van der Waals surface area contributed by atoms with E-state index >= 15 is 0 Å². The van der Waals surface area contributed by atoms with Gasteiger partial charge >= 0.3 is 5.97 Å². The Morgan fingerprint density at radius 2 is 1.41 bits per heavy atom. The third-order valence-corrected chi connectivity index (χ3v) is 3.28. The van der Waals surface area contributed by atoms with Crippen LogP contribution in [0.5, 0.6) is 11.5 Å². The van der Waals surface area contributed by atoms with Crippen LogP contribution in [0, 0.1) is 0 Å². The van der Waals surface area contributed by atoms with Crippen LogP contribution in [0.25, 0.3) is 11.1 Å². The summed E-state index contributed by atoms with van der Waals surface area (Å²) in [7, 11) is 0. The minimum Gasteiger partial charge on any atom is -0.507 e. The van der Waals surface area contributed by atoms with Gasteiger partial charge in [0.2, 0.25) is 0 Å². The molecule has 0 spiro atoms. The zero-order valence-corrected chi connectivity index (χ0v) is 11.8. The fourth-order valence-corrected chi connectivity index (χ4v) is 2.23. The summed E-state index contributed by atoms with van der Waals surface area (Å²) in [6, 6.07) is 23.0. The normalized spacial score (nSPS) is 10.2. The van der Waals surface area contributed by atoms with Gasteiger partial charge in [-0.2, -0.15) is 0 Å². The lowest BCUT2D eigenvalue weighted by atomic mass is 10.0. The Morgan fingerprint density at radius 1 is 0.773 bits per heavy atom. The molecule has 3 aromatic carbocycles. The summed E-state index contributed by atoms with van der Waals surface area (Å²) in [6.07, 6.45) is 0. The molecule has 0 heterocycles. The van der Waals surface area contributed by atoms with Crippen molar-refractivity contribution in [3.8, 4) is 22.6 Å². The molecule has 1 N–H and O–H groups in total. The van der Waals surface area contributed by atoms with Crippen molar-refractivity contribution in [3.63, 3.8) is 0 Å². The van der Waals surface area contributed by atoms with Crippen LogP contribution < -0.4 is 4.74 Å². The van der Waals surface area contributed by atoms with E-state index in [4.69, 9.17) is 4.74 Å². The van der Waals surface area contributed by atoms with E-state index in [9.17, 15) is 9.90 Å². The third kappa shape index (κ3) is 2.83. The van der Waals surface area contributed by atoms with Crippen molar-refractivity contribution in [3.05, 3.63) is 84.4 Å². The molecule has 0 aliphatic heterocycles. The predicted octanol–water partition coefficient (Wildman–Crippen LogP) is 4.28. The van der Waals surface area contributed by atoms with Crippen LogP contribution in [-0.2, 0) is 0 Å². The van der Waals surface area contributed by atoms with Crippen molar-refractivity contribution >= 4 is 5.97 Å². The van der Waals surface area contributed by atoms with Crippen molar-refractivity contribution in [2.45, 2.75) is 0 Å². The second-order valence-electron chi connectivity index (χ2n) is 4.77. The highest BCUT2D eigenvalue weighted by atomic mass is 16.5. The average Bonchev–Trinajstić information content (AvgIpc) is 2.56. The fraction of sp³-hybridized carbons (Fsp3) is 0. The van der Waals surface area contributed by atoms with Gasteiger partial charge in [0, 0.05) is 0 Å². The first-order valence-corrected chi connectivity index (χ1v) is 6.90. The SMILES string of the molecule is O=C(Oc1cccc(O)c1-c1ccccc1)c1ccccc1. The molecule has 3 nitrogen and oxygen atoms in total. The van der Waals surface area contributed by atoms with Gasteiger partial charge < -0.3 is 9.84 Å². The monoisotopic (exact) mass is 290 g/mol. The Kier molecular flexibility index (Phi) is 3.88. The second kappa shape index (κ2) is 6.14. The fourth-order valence-electron chi connectivity index (χ4n) is 2.23. The van der Waals surface area contributed by atoms with Gasteiger partial charge in [-0.05, 0) is 29.8 Å².